The second-order valence-electron chi connectivity index (χ2n) is 5.67. The van der Waals surface area contributed by atoms with Crippen molar-refractivity contribution in [2.75, 3.05) is 5.32 Å². The molecule has 0 radical (unpaired) electrons. The van der Waals surface area contributed by atoms with E-state index in [1.807, 2.05) is 80.6 Å². The summed E-state index contributed by atoms with van der Waals surface area (Å²) in [6, 6.07) is 21.6. The first-order chi connectivity index (χ1) is 11.1. The fraction of sp³-hybridized carbons (Fsp3) is 0.158. The van der Waals surface area contributed by atoms with Gasteiger partial charge in [0.25, 0.3) is 0 Å². The quantitative estimate of drug-likeness (QED) is 0.787. The Morgan fingerprint density at radius 1 is 1.00 bits per heavy atom. The van der Waals surface area contributed by atoms with Crippen molar-refractivity contribution < 1.29 is 4.79 Å². The van der Waals surface area contributed by atoms with Crippen molar-refractivity contribution in [2.24, 2.45) is 5.92 Å². The van der Waals surface area contributed by atoms with E-state index in [0.717, 1.165) is 16.9 Å². The van der Waals surface area contributed by atoms with E-state index in [1.54, 1.807) is 4.68 Å². The fourth-order valence-electron chi connectivity index (χ4n) is 2.26. The number of aromatic nitrogens is 2. The second kappa shape index (κ2) is 6.48. The number of carbonyl (C=O) groups is 1. The molecule has 0 saturated heterocycles. The third-order valence-corrected chi connectivity index (χ3v) is 3.56. The van der Waals surface area contributed by atoms with Crippen LogP contribution in [0.4, 0.5) is 5.82 Å². The maximum Gasteiger partial charge on any atom is 0.228 e. The summed E-state index contributed by atoms with van der Waals surface area (Å²) in [5, 5.41) is 7.63. The van der Waals surface area contributed by atoms with E-state index in [-0.39, 0.29) is 11.8 Å². The molecule has 0 aliphatic rings. The van der Waals surface area contributed by atoms with Gasteiger partial charge in [-0.15, -0.1) is 0 Å². The molecule has 0 saturated carbocycles. The highest BCUT2D eigenvalue weighted by molar-refractivity contribution is 5.92. The Morgan fingerprint density at radius 3 is 2.22 bits per heavy atom. The molecule has 0 atom stereocenters. The minimum Gasteiger partial charge on any atom is -0.310 e. The number of hydrogen-bond donors (Lipinski definition) is 1. The Balaban J connectivity index is 2.05. The van der Waals surface area contributed by atoms with Gasteiger partial charge in [-0.3, -0.25) is 4.79 Å². The van der Waals surface area contributed by atoms with Crippen LogP contribution in [0.25, 0.3) is 16.9 Å². The predicted molar refractivity (Wildman–Crippen MR) is 92.5 cm³/mol. The van der Waals surface area contributed by atoms with Gasteiger partial charge in [0.2, 0.25) is 5.91 Å². The van der Waals surface area contributed by atoms with Crippen molar-refractivity contribution in [2.45, 2.75) is 13.8 Å². The van der Waals surface area contributed by atoms with Crippen LogP contribution in [0.1, 0.15) is 13.8 Å². The van der Waals surface area contributed by atoms with Gasteiger partial charge in [-0.05, 0) is 12.1 Å². The van der Waals surface area contributed by atoms with Crippen LogP contribution in [-0.2, 0) is 4.79 Å². The van der Waals surface area contributed by atoms with E-state index >= 15 is 0 Å². The maximum absolute atomic E-state index is 12.1. The van der Waals surface area contributed by atoms with Crippen LogP contribution in [0, 0.1) is 5.92 Å². The zero-order valence-corrected chi connectivity index (χ0v) is 13.2. The first-order valence-corrected chi connectivity index (χ1v) is 7.67. The number of nitrogens with one attached hydrogen (secondary N) is 1. The molecule has 0 spiro atoms. The molecule has 0 aliphatic heterocycles. The monoisotopic (exact) mass is 305 g/mol. The SMILES string of the molecule is CC(C)C(=O)Nc1cc(-c2ccccc2)nn1-c1ccccc1. The number of anilines is 1. The second-order valence-corrected chi connectivity index (χ2v) is 5.67. The summed E-state index contributed by atoms with van der Waals surface area (Å²) < 4.78 is 1.77. The van der Waals surface area contributed by atoms with Crippen LogP contribution >= 0.6 is 0 Å². The maximum atomic E-state index is 12.1. The molecule has 0 fully saturated rings. The Hall–Kier alpha value is -2.88. The summed E-state index contributed by atoms with van der Waals surface area (Å²) in [6.45, 7) is 3.74. The Kier molecular flexibility index (Phi) is 4.24. The molecule has 4 heteroatoms. The standard InChI is InChI=1S/C19H19N3O/c1-14(2)19(23)20-18-13-17(15-9-5-3-6-10-15)21-22(18)16-11-7-4-8-12-16/h3-14H,1-2H3,(H,20,23). The van der Waals surface area contributed by atoms with Crippen molar-refractivity contribution in [3.63, 3.8) is 0 Å². The van der Waals surface area contributed by atoms with Crippen molar-refractivity contribution in [1.82, 2.24) is 9.78 Å². The highest BCUT2D eigenvalue weighted by Crippen LogP contribution is 2.25. The van der Waals surface area contributed by atoms with Gasteiger partial charge in [-0.1, -0.05) is 62.4 Å². The summed E-state index contributed by atoms with van der Waals surface area (Å²) in [5.41, 5.74) is 2.75. The van der Waals surface area contributed by atoms with Gasteiger partial charge in [-0.2, -0.15) is 5.10 Å². The molecule has 2 aromatic carbocycles. The lowest BCUT2D eigenvalue weighted by molar-refractivity contribution is -0.118. The fourth-order valence-corrected chi connectivity index (χ4v) is 2.26. The molecule has 1 heterocycles. The van der Waals surface area contributed by atoms with Crippen LogP contribution in [-0.4, -0.2) is 15.7 Å². The van der Waals surface area contributed by atoms with Gasteiger partial charge >= 0.3 is 0 Å². The number of rotatable bonds is 4. The largest absolute Gasteiger partial charge is 0.310 e. The van der Waals surface area contributed by atoms with Gasteiger partial charge in [0, 0.05) is 17.5 Å². The van der Waals surface area contributed by atoms with E-state index in [0.29, 0.717) is 5.82 Å². The smallest absolute Gasteiger partial charge is 0.228 e. The third-order valence-electron chi connectivity index (χ3n) is 3.56. The van der Waals surface area contributed by atoms with Gasteiger partial charge in [0.05, 0.1) is 11.4 Å². The summed E-state index contributed by atoms with van der Waals surface area (Å²) in [7, 11) is 0. The van der Waals surface area contributed by atoms with Gasteiger partial charge < -0.3 is 5.32 Å². The molecule has 0 aliphatic carbocycles. The van der Waals surface area contributed by atoms with E-state index < -0.39 is 0 Å². The van der Waals surface area contributed by atoms with Crippen LogP contribution in [0.15, 0.2) is 66.7 Å². The topological polar surface area (TPSA) is 46.9 Å². The van der Waals surface area contributed by atoms with Crippen molar-refractivity contribution in [3.8, 4) is 16.9 Å². The summed E-state index contributed by atoms with van der Waals surface area (Å²) in [5.74, 6) is 0.560. The molecule has 0 unspecified atom stereocenters. The third kappa shape index (κ3) is 3.31. The molecule has 4 nitrogen and oxygen atoms in total. The lowest BCUT2D eigenvalue weighted by atomic mass is 10.1. The first-order valence-electron chi connectivity index (χ1n) is 7.67. The molecular formula is C19H19N3O. The molecule has 116 valence electrons. The molecule has 3 aromatic rings. The van der Waals surface area contributed by atoms with Crippen molar-refractivity contribution in [1.29, 1.82) is 0 Å². The lowest BCUT2D eigenvalue weighted by Gasteiger charge is -2.10. The van der Waals surface area contributed by atoms with E-state index in [4.69, 9.17) is 0 Å². The molecule has 3 rings (SSSR count). The average Bonchev–Trinajstić information content (AvgIpc) is 3.00. The zero-order chi connectivity index (χ0) is 16.2. The lowest BCUT2D eigenvalue weighted by Crippen LogP contribution is -2.19. The normalized spacial score (nSPS) is 10.7. The Morgan fingerprint density at radius 2 is 1.61 bits per heavy atom. The number of amides is 1. The van der Waals surface area contributed by atoms with E-state index in [2.05, 4.69) is 10.4 Å². The van der Waals surface area contributed by atoms with Gasteiger partial charge in [0.15, 0.2) is 0 Å². The molecular weight excluding hydrogens is 286 g/mol. The minimum absolute atomic E-state index is 0.0262. The molecule has 1 amide bonds. The summed E-state index contributed by atoms with van der Waals surface area (Å²) in [4.78, 5) is 12.1. The average molecular weight is 305 g/mol. The summed E-state index contributed by atoms with van der Waals surface area (Å²) in [6.07, 6.45) is 0. The molecule has 1 aromatic heterocycles. The van der Waals surface area contributed by atoms with Gasteiger partial charge in [0.1, 0.15) is 5.82 Å². The number of para-hydroxylation sites is 1. The molecule has 1 N–H and O–H groups in total. The minimum atomic E-state index is -0.0886. The van der Waals surface area contributed by atoms with Crippen LogP contribution in [0.5, 0.6) is 0 Å². The van der Waals surface area contributed by atoms with Crippen molar-refractivity contribution >= 4 is 11.7 Å². The predicted octanol–water partition coefficient (Wildman–Crippen LogP) is 4.13. The highest BCUT2D eigenvalue weighted by atomic mass is 16.1. The Bertz CT molecular complexity index is 792. The number of hydrogen-bond acceptors (Lipinski definition) is 2. The highest BCUT2D eigenvalue weighted by Gasteiger charge is 2.15. The zero-order valence-electron chi connectivity index (χ0n) is 13.2. The number of nitrogens with zero attached hydrogens (tertiary/aromatic N) is 2. The van der Waals surface area contributed by atoms with Crippen LogP contribution in [0.3, 0.4) is 0 Å². The molecule has 0 bridgehead atoms. The number of benzene rings is 2. The van der Waals surface area contributed by atoms with Crippen LogP contribution in [0.2, 0.25) is 0 Å². The number of carbonyl (C=O) groups excluding carboxylic acids is 1. The van der Waals surface area contributed by atoms with E-state index in [9.17, 15) is 4.79 Å². The van der Waals surface area contributed by atoms with Gasteiger partial charge in [-0.25, -0.2) is 4.68 Å². The van der Waals surface area contributed by atoms with Crippen molar-refractivity contribution in [3.05, 3.63) is 66.7 Å². The van der Waals surface area contributed by atoms with Crippen LogP contribution < -0.4 is 5.32 Å². The van der Waals surface area contributed by atoms with E-state index in [1.165, 1.54) is 0 Å². The molecule has 23 heavy (non-hydrogen) atoms. The summed E-state index contributed by atoms with van der Waals surface area (Å²) >= 11 is 0. The Labute approximate surface area is 135 Å². The first kappa shape index (κ1) is 15.0.